The van der Waals surface area contributed by atoms with Crippen LogP contribution >= 0.6 is 11.3 Å². The summed E-state index contributed by atoms with van der Waals surface area (Å²) >= 11 is 1.62. The summed E-state index contributed by atoms with van der Waals surface area (Å²) in [5.41, 5.74) is 1.08. The summed E-state index contributed by atoms with van der Waals surface area (Å²) in [6.45, 7) is 5.03. The maximum atomic E-state index is 12.1. The third-order valence-corrected chi connectivity index (χ3v) is 4.53. The first-order chi connectivity index (χ1) is 10.1. The van der Waals surface area contributed by atoms with Crippen molar-refractivity contribution in [1.82, 2.24) is 20.1 Å². The number of nitrogens with zero attached hydrogens (tertiary/aromatic N) is 3. The molecule has 0 aromatic carbocycles. The Morgan fingerprint density at radius 2 is 2.38 bits per heavy atom. The van der Waals surface area contributed by atoms with Crippen molar-refractivity contribution in [3.63, 3.8) is 0 Å². The molecule has 1 atom stereocenters. The third-order valence-electron chi connectivity index (χ3n) is 3.80. The van der Waals surface area contributed by atoms with Crippen molar-refractivity contribution in [2.75, 3.05) is 0 Å². The van der Waals surface area contributed by atoms with Gasteiger partial charge in [0.1, 0.15) is 11.6 Å². The lowest BCUT2D eigenvalue weighted by Gasteiger charge is -2.25. The summed E-state index contributed by atoms with van der Waals surface area (Å²) in [4.78, 5) is 12.1. The second kappa shape index (κ2) is 5.97. The van der Waals surface area contributed by atoms with Gasteiger partial charge in [0.05, 0.1) is 6.42 Å². The predicted molar refractivity (Wildman–Crippen MR) is 82.4 cm³/mol. The van der Waals surface area contributed by atoms with Crippen LogP contribution in [0, 0.1) is 0 Å². The maximum Gasteiger partial charge on any atom is 0.224 e. The summed E-state index contributed by atoms with van der Waals surface area (Å²) in [7, 11) is 0. The van der Waals surface area contributed by atoms with Crippen LogP contribution in [-0.4, -0.2) is 26.7 Å². The Bertz CT molecular complexity index is 618. The Morgan fingerprint density at radius 1 is 1.52 bits per heavy atom. The Kier molecular flexibility index (Phi) is 4.05. The van der Waals surface area contributed by atoms with Gasteiger partial charge in [0.25, 0.3) is 0 Å². The van der Waals surface area contributed by atoms with E-state index in [1.807, 2.05) is 16.8 Å². The smallest absolute Gasteiger partial charge is 0.224 e. The molecule has 5 nitrogen and oxygen atoms in total. The van der Waals surface area contributed by atoms with Gasteiger partial charge in [-0.3, -0.25) is 4.79 Å². The first-order valence-corrected chi connectivity index (χ1v) is 8.30. The van der Waals surface area contributed by atoms with Crippen molar-refractivity contribution in [3.05, 3.63) is 34.0 Å². The molecule has 1 aliphatic heterocycles. The summed E-state index contributed by atoms with van der Waals surface area (Å²) in [5, 5.41) is 15.7. The molecule has 6 heteroatoms. The van der Waals surface area contributed by atoms with Gasteiger partial charge < -0.3 is 9.88 Å². The van der Waals surface area contributed by atoms with Gasteiger partial charge in [0.2, 0.25) is 5.91 Å². The van der Waals surface area contributed by atoms with Crippen LogP contribution < -0.4 is 5.32 Å². The van der Waals surface area contributed by atoms with Crippen molar-refractivity contribution in [2.24, 2.45) is 0 Å². The van der Waals surface area contributed by atoms with E-state index < -0.39 is 0 Å². The van der Waals surface area contributed by atoms with E-state index in [-0.39, 0.29) is 11.9 Å². The zero-order chi connectivity index (χ0) is 14.8. The molecule has 0 saturated heterocycles. The minimum absolute atomic E-state index is 0.0982. The first-order valence-electron chi connectivity index (χ1n) is 7.36. The Morgan fingerprint density at radius 3 is 3.10 bits per heavy atom. The molecule has 21 heavy (non-hydrogen) atoms. The number of nitrogens with one attached hydrogen (secondary N) is 1. The summed E-state index contributed by atoms with van der Waals surface area (Å²) in [6, 6.07) is 2.18. The van der Waals surface area contributed by atoms with Gasteiger partial charge in [-0.15, -0.1) is 10.2 Å². The molecule has 1 N–H and O–H groups in total. The molecule has 0 radical (unpaired) electrons. The number of thiophene rings is 1. The first kappa shape index (κ1) is 14.3. The molecule has 0 unspecified atom stereocenters. The number of aryl methyl sites for hydroxylation is 1. The van der Waals surface area contributed by atoms with Crippen LogP contribution in [0.5, 0.6) is 0 Å². The fraction of sp³-hybridized carbons (Fsp3) is 0.533. The standard InChI is InChI=1S/C15H20N4OS/c1-10(2)15-18-17-13-4-3-12(8-19(13)15)16-14(20)7-11-5-6-21-9-11/h5-6,9-10,12H,3-4,7-8H2,1-2H3,(H,16,20)/t12-/m1/s1. The van der Waals surface area contributed by atoms with Gasteiger partial charge in [0.15, 0.2) is 0 Å². The van der Waals surface area contributed by atoms with Gasteiger partial charge >= 0.3 is 0 Å². The zero-order valence-electron chi connectivity index (χ0n) is 12.4. The molecule has 0 aliphatic carbocycles. The van der Waals surface area contributed by atoms with Crippen LogP contribution in [0.25, 0.3) is 0 Å². The molecule has 3 rings (SSSR count). The normalized spacial score (nSPS) is 17.8. The summed E-state index contributed by atoms with van der Waals surface area (Å²) < 4.78 is 2.17. The summed E-state index contributed by atoms with van der Waals surface area (Å²) in [6.07, 6.45) is 2.28. The Hall–Kier alpha value is -1.69. The van der Waals surface area contributed by atoms with Crippen molar-refractivity contribution in [3.8, 4) is 0 Å². The van der Waals surface area contributed by atoms with Gasteiger partial charge in [-0.1, -0.05) is 13.8 Å². The lowest BCUT2D eigenvalue weighted by Crippen LogP contribution is -2.42. The number of aromatic nitrogens is 3. The SMILES string of the molecule is CC(C)c1nnc2n1C[C@H](NC(=O)Cc1ccsc1)CC2. The van der Waals surface area contributed by atoms with E-state index in [0.29, 0.717) is 12.3 Å². The number of amides is 1. The molecule has 1 aliphatic rings. The fourth-order valence-corrected chi connectivity index (χ4v) is 3.42. The maximum absolute atomic E-state index is 12.1. The Balaban J connectivity index is 1.63. The molecule has 0 fully saturated rings. The molecular weight excluding hydrogens is 284 g/mol. The van der Waals surface area contributed by atoms with E-state index in [4.69, 9.17) is 0 Å². The van der Waals surface area contributed by atoms with Crippen LogP contribution in [0.3, 0.4) is 0 Å². The van der Waals surface area contributed by atoms with Gasteiger partial charge in [0, 0.05) is 24.9 Å². The van der Waals surface area contributed by atoms with E-state index in [1.54, 1.807) is 11.3 Å². The van der Waals surface area contributed by atoms with Gasteiger partial charge in [-0.25, -0.2) is 0 Å². The monoisotopic (exact) mass is 304 g/mol. The Labute approximate surface area is 128 Å². The van der Waals surface area contributed by atoms with E-state index in [2.05, 4.69) is 33.9 Å². The summed E-state index contributed by atoms with van der Waals surface area (Å²) in [5.74, 6) is 2.51. The average molecular weight is 304 g/mol. The fourth-order valence-electron chi connectivity index (χ4n) is 2.75. The third kappa shape index (κ3) is 3.15. The molecule has 2 aromatic rings. The highest BCUT2D eigenvalue weighted by molar-refractivity contribution is 7.07. The largest absolute Gasteiger partial charge is 0.351 e. The van der Waals surface area contributed by atoms with Gasteiger partial charge in [-0.05, 0) is 28.8 Å². The lowest BCUT2D eigenvalue weighted by molar-refractivity contribution is -0.121. The quantitative estimate of drug-likeness (QED) is 0.941. The van der Waals surface area contributed by atoms with Crippen LogP contribution in [0.1, 0.15) is 43.4 Å². The van der Waals surface area contributed by atoms with Crippen LogP contribution in [0.15, 0.2) is 16.8 Å². The molecule has 0 spiro atoms. The molecule has 0 bridgehead atoms. The molecular formula is C15H20N4OS. The van der Waals surface area contributed by atoms with Crippen molar-refractivity contribution in [1.29, 1.82) is 0 Å². The van der Waals surface area contributed by atoms with Crippen molar-refractivity contribution in [2.45, 2.75) is 51.6 Å². The molecule has 3 heterocycles. The highest BCUT2D eigenvalue weighted by Crippen LogP contribution is 2.20. The second-order valence-electron chi connectivity index (χ2n) is 5.85. The number of carbonyl (C=O) groups excluding carboxylic acids is 1. The van der Waals surface area contributed by atoms with E-state index in [9.17, 15) is 4.79 Å². The van der Waals surface area contributed by atoms with Crippen molar-refractivity contribution < 1.29 is 4.79 Å². The average Bonchev–Trinajstić information content (AvgIpc) is 3.06. The predicted octanol–water partition coefficient (Wildman–Crippen LogP) is 2.14. The minimum Gasteiger partial charge on any atom is -0.351 e. The molecule has 1 amide bonds. The van der Waals surface area contributed by atoms with E-state index >= 15 is 0 Å². The highest BCUT2D eigenvalue weighted by Gasteiger charge is 2.24. The number of hydrogen-bond donors (Lipinski definition) is 1. The van der Waals surface area contributed by atoms with Crippen LogP contribution in [0.2, 0.25) is 0 Å². The number of carbonyl (C=O) groups is 1. The lowest BCUT2D eigenvalue weighted by atomic mass is 10.1. The highest BCUT2D eigenvalue weighted by atomic mass is 32.1. The molecule has 2 aromatic heterocycles. The molecule has 0 saturated carbocycles. The van der Waals surface area contributed by atoms with E-state index in [0.717, 1.165) is 36.6 Å². The number of rotatable bonds is 4. The topological polar surface area (TPSA) is 59.8 Å². The van der Waals surface area contributed by atoms with Gasteiger partial charge in [-0.2, -0.15) is 11.3 Å². The second-order valence-corrected chi connectivity index (χ2v) is 6.63. The number of hydrogen-bond acceptors (Lipinski definition) is 4. The van der Waals surface area contributed by atoms with E-state index in [1.165, 1.54) is 0 Å². The molecule has 112 valence electrons. The van der Waals surface area contributed by atoms with Crippen molar-refractivity contribution >= 4 is 17.2 Å². The van der Waals surface area contributed by atoms with Crippen LogP contribution in [0.4, 0.5) is 0 Å². The minimum atomic E-state index is 0.0982. The zero-order valence-corrected chi connectivity index (χ0v) is 13.2. The van der Waals surface area contributed by atoms with Crippen LogP contribution in [-0.2, 0) is 24.2 Å². The number of fused-ring (bicyclic) bond motifs is 1.